The van der Waals surface area contributed by atoms with Gasteiger partial charge in [-0.15, -0.1) is 0 Å². The SMILES string of the molecule is Cn1nccc1-c1cc2cc(F)ccc2[nH]1. The Hall–Kier alpha value is -2.10. The first-order valence-corrected chi connectivity index (χ1v) is 5.01. The molecule has 0 atom stereocenters. The van der Waals surface area contributed by atoms with E-state index in [1.54, 1.807) is 16.9 Å². The van der Waals surface area contributed by atoms with Gasteiger partial charge in [0.1, 0.15) is 5.82 Å². The molecule has 0 bridgehead atoms. The Kier molecular flexibility index (Phi) is 1.83. The first-order chi connectivity index (χ1) is 7.74. The van der Waals surface area contributed by atoms with E-state index in [1.807, 2.05) is 19.2 Å². The summed E-state index contributed by atoms with van der Waals surface area (Å²) in [5, 5.41) is 4.97. The number of hydrogen-bond acceptors (Lipinski definition) is 1. The third kappa shape index (κ3) is 1.31. The Morgan fingerprint density at radius 2 is 2.12 bits per heavy atom. The van der Waals surface area contributed by atoms with Crippen molar-refractivity contribution in [3.05, 3.63) is 42.3 Å². The number of fused-ring (bicyclic) bond motifs is 1. The highest BCUT2D eigenvalue weighted by atomic mass is 19.1. The molecule has 0 fully saturated rings. The minimum absolute atomic E-state index is 0.219. The molecule has 0 aliphatic rings. The van der Waals surface area contributed by atoms with Crippen LogP contribution < -0.4 is 0 Å². The topological polar surface area (TPSA) is 33.6 Å². The lowest BCUT2D eigenvalue weighted by Gasteiger charge is -1.96. The fourth-order valence-electron chi connectivity index (χ4n) is 1.88. The molecule has 3 rings (SSSR count). The van der Waals surface area contributed by atoms with Gasteiger partial charge < -0.3 is 4.98 Å². The van der Waals surface area contributed by atoms with E-state index >= 15 is 0 Å². The Bertz CT molecular complexity index is 651. The van der Waals surface area contributed by atoms with Crippen LogP contribution in [-0.4, -0.2) is 14.8 Å². The second-order valence-corrected chi connectivity index (χ2v) is 3.75. The number of aromatic amines is 1. The summed E-state index contributed by atoms with van der Waals surface area (Å²) >= 11 is 0. The minimum Gasteiger partial charge on any atom is -0.353 e. The van der Waals surface area contributed by atoms with Crippen molar-refractivity contribution in [1.29, 1.82) is 0 Å². The molecule has 0 saturated heterocycles. The molecule has 3 aromatic rings. The predicted octanol–water partition coefficient (Wildman–Crippen LogP) is 2.71. The van der Waals surface area contributed by atoms with E-state index in [9.17, 15) is 4.39 Å². The molecular formula is C12H10FN3. The molecule has 0 amide bonds. The number of H-pyrrole nitrogens is 1. The van der Waals surface area contributed by atoms with E-state index in [0.717, 1.165) is 22.3 Å². The summed E-state index contributed by atoms with van der Waals surface area (Å²) in [5.41, 5.74) is 2.86. The van der Waals surface area contributed by atoms with E-state index < -0.39 is 0 Å². The number of rotatable bonds is 1. The molecule has 0 aliphatic carbocycles. The molecule has 2 heterocycles. The normalized spacial score (nSPS) is 11.1. The van der Waals surface area contributed by atoms with Crippen molar-refractivity contribution in [2.45, 2.75) is 0 Å². The molecule has 0 saturated carbocycles. The van der Waals surface area contributed by atoms with Crippen LogP contribution in [0.4, 0.5) is 4.39 Å². The molecule has 1 N–H and O–H groups in total. The highest BCUT2D eigenvalue weighted by Gasteiger charge is 2.06. The zero-order valence-electron chi connectivity index (χ0n) is 8.74. The summed E-state index contributed by atoms with van der Waals surface area (Å²) in [4.78, 5) is 3.24. The quantitative estimate of drug-likeness (QED) is 0.665. The van der Waals surface area contributed by atoms with Crippen LogP contribution in [0, 0.1) is 5.82 Å². The molecule has 0 unspecified atom stereocenters. The lowest BCUT2D eigenvalue weighted by atomic mass is 10.2. The molecule has 1 aromatic carbocycles. The molecular weight excluding hydrogens is 205 g/mol. The van der Waals surface area contributed by atoms with E-state index in [2.05, 4.69) is 10.1 Å². The van der Waals surface area contributed by atoms with Gasteiger partial charge in [-0.2, -0.15) is 5.10 Å². The first kappa shape index (κ1) is 9.15. The number of nitrogens with zero attached hydrogens (tertiary/aromatic N) is 2. The van der Waals surface area contributed by atoms with Crippen molar-refractivity contribution in [3.63, 3.8) is 0 Å². The fraction of sp³-hybridized carbons (Fsp3) is 0.0833. The Labute approximate surface area is 91.5 Å². The van der Waals surface area contributed by atoms with Crippen molar-refractivity contribution in [3.8, 4) is 11.4 Å². The fourth-order valence-corrected chi connectivity index (χ4v) is 1.88. The molecule has 2 aromatic heterocycles. The van der Waals surface area contributed by atoms with Gasteiger partial charge in [0, 0.05) is 24.1 Å². The van der Waals surface area contributed by atoms with E-state index in [1.165, 1.54) is 12.1 Å². The first-order valence-electron chi connectivity index (χ1n) is 5.01. The molecule has 16 heavy (non-hydrogen) atoms. The number of benzene rings is 1. The van der Waals surface area contributed by atoms with Gasteiger partial charge in [0.15, 0.2) is 0 Å². The largest absolute Gasteiger partial charge is 0.353 e. The molecule has 3 nitrogen and oxygen atoms in total. The van der Waals surface area contributed by atoms with Gasteiger partial charge in [-0.1, -0.05) is 0 Å². The summed E-state index contributed by atoms with van der Waals surface area (Å²) in [6.07, 6.45) is 1.74. The van der Waals surface area contributed by atoms with Gasteiger partial charge in [-0.25, -0.2) is 4.39 Å². The van der Waals surface area contributed by atoms with Crippen molar-refractivity contribution < 1.29 is 4.39 Å². The maximum Gasteiger partial charge on any atom is 0.123 e. The van der Waals surface area contributed by atoms with Crippen molar-refractivity contribution >= 4 is 10.9 Å². The summed E-state index contributed by atoms with van der Waals surface area (Å²) < 4.78 is 14.8. The van der Waals surface area contributed by atoms with Crippen molar-refractivity contribution in [1.82, 2.24) is 14.8 Å². The maximum atomic E-state index is 13.0. The van der Waals surface area contributed by atoms with E-state index in [4.69, 9.17) is 0 Å². The monoisotopic (exact) mass is 215 g/mol. The van der Waals surface area contributed by atoms with Crippen LogP contribution in [0.1, 0.15) is 0 Å². The third-order valence-electron chi connectivity index (χ3n) is 2.68. The van der Waals surface area contributed by atoms with Crippen LogP contribution in [0.3, 0.4) is 0 Å². The number of aromatic nitrogens is 3. The van der Waals surface area contributed by atoms with Gasteiger partial charge in [0.2, 0.25) is 0 Å². The smallest absolute Gasteiger partial charge is 0.123 e. The van der Waals surface area contributed by atoms with Gasteiger partial charge in [0.05, 0.1) is 11.4 Å². The minimum atomic E-state index is -0.219. The number of aryl methyl sites for hydroxylation is 1. The predicted molar refractivity (Wildman–Crippen MR) is 60.5 cm³/mol. The van der Waals surface area contributed by atoms with Crippen LogP contribution in [0.2, 0.25) is 0 Å². The lowest BCUT2D eigenvalue weighted by molar-refractivity contribution is 0.630. The summed E-state index contributed by atoms with van der Waals surface area (Å²) in [6.45, 7) is 0. The molecule has 80 valence electrons. The second-order valence-electron chi connectivity index (χ2n) is 3.75. The zero-order chi connectivity index (χ0) is 11.1. The Morgan fingerprint density at radius 3 is 2.88 bits per heavy atom. The second kappa shape index (κ2) is 3.20. The zero-order valence-corrected chi connectivity index (χ0v) is 8.74. The van der Waals surface area contributed by atoms with Gasteiger partial charge in [-0.3, -0.25) is 4.68 Å². The molecule has 0 aliphatic heterocycles. The third-order valence-corrected chi connectivity index (χ3v) is 2.68. The van der Waals surface area contributed by atoms with E-state index in [0.29, 0.717) is 0 Å². The highest BCUT2D eigenvalue weighted by Crippen LogP contribution is 2.23. The standard InChI is InChI=1S/C12H10FN3/c1-16-12(4-5-14-16)11-7-8-6-9(13)2-3-10(8)15-11/h2-7,15H,1H3. The van der Waals surface area contributed by atoms with Crippen molar-refractivity contribution in [2.24, 2.45) is 7.05 Å². The molecule has 4 heteroatoms. The van der Waals surface area contributed by atoms with Crippen LogP contribution >= 0.6 is 0 Å². The Morgan fingerprint density at radius 1 is 1.25 bits per heavy atom. The van der Waals surface area contributed by atoms with Gasteiger partial charge >= 0.3 is 0 Å². The molecule has 0 radical (unpaired) electrons. The average molecular weight is 215 g/mol. The number of nitrogens with one attached hydrogen (secondary N) is 1. The van der Waals surface area contributed by atoms with Crippen molar-refractivity contribution in [2.75, 3.05) is 0 Å². The van der Waals surface area contributed by atoms with Crippen LogP contribution in [0.15, 0.2) is 36.5 Å². The van der Waals surface area contributed by atoms with Crippen LogP contribution in [0.5, 0.6) is 0 Å². The highest BCUT2D eigenvalue weighted by molar-refractivity contribution is 5.85. The Balaban J connectivity index is 2.23. The van der Waals surface area contributed by atoms with Crippen LogP contribution in [-0.2, 0) is 7.05 Å². The average Bonchev–Trinajstić information content (AvgIpc) is 2.82. The summed E-state index contributed by atoms with van der Waals surface area (Å²) in [6, 6.07) is 8.55. The number of hydrogen-bond donors (Lipinski definition) is 1. The van der Waals surface area contributed by atoms with Gasteiger partial charge in [-0.05, 0) is 30.3 Å². The summed E-state index contributed by atoms with van der Waals surface area (Å²) in [5.74, 6) is -0.219. The lowest BCUT2D eigenvalue weighted by Crippen LogP contribution is -1.92. The maximum absolute atomic E-state index is 13.0. The number of halogens is 1. The summed E-state index contributed by atoms with van der Waals surface area (Å²) in [7, 11) is 1.88. The van der Waals surface area contributed by atoms with Gasteiger partial charge in [0.25, 0.3) is 0 Å². The van der Waals surface area contributed by atoms with Crippen LogP contribution in [0.25, 0.3) is 22.3 Å². The van der Waals surface area contributed by atoms with E-state index in [-0.39, 0.29) is 5.82 Å². The molecule has 0 spiro atoms.